The molecule has 9 rings (SSSR count). The number of halogens is 1. The first-order chi connectivity index (χ1) is 28.6. The number of nitrogens with zero attached hydrogens (tertiary/aromatic N) is 7. The summed E-state index contributed by atoms with van der Waals surface area (Å²) in [4.78, 5) is 80.7. The van der Waals surface area contributed by atoms with Crippen LogP contribution in [-0.2, 0) is 9.59 Å². The highest BCUT2D eigenvalue weighted by molar-refractivity contribution is 6.31. The Kier molecular flexibility index (Phi) is 10.5. The standard InChI is InChI=1S/C43H46ClN9O6/c44-35-20-32(5-1-26(35)21-45)59-31-6-2-27(3-7-31)48-40(56)38-46-22-30(23-47-38)52-24-43(25-52)13-17-51(18-14-43)28-11-15-50(16-12-28)29-4-8-33-34(19-29)42(58)53(41(33)57)36-9-10-37(54)49-39(36)55/h1,4-5,8,19-20,22-23,27-28,31,36H,2-3,6-7,9-18,24-25H2,(H,48,56)(H,49,54,55)/t27-,31-,36?. The molecular formula is C43H46ClN9O6. The molecule has 1 unspecified atom stereocenters. The number of benzene rings is 2. The summed E-state index contributed by atoms with van der Waals surface area (Å²) in [5.41, 5.74) is 3.14. The van der Waals surface area contributed by atoms with E-state index in [0.717, 1.165) is 107 Å². The number of anilines is 2. The van der Waals surface area contributed by atoms with Gasteiger partial charge in [-0.1, -0.05) is 11.6 Å². The van der Waals surface area contributed by atoms with E-state index in [9.17, 15) is 24.0 Å². The lowest BCUT2D eigenvalue weighted by Gasteiger charge is -2.56. The van der Waals surface area contributed by atoms with E-state index in [1.165, 1.54) is 0 Å². The van der Waals surface area contributed by atoms with Crippen molar-refractivity contribution in [1.29, 1.82) is 5.26 Å². The number of likely N-dealkylation sites (tertiary alicyclic amines) is 1. The second-order valence-electron chi connectivity index (χ2n) is 16.9. The molecule has 3 aromatic rings. The Bertz CT molecular complexity index is 2210. The molecule has 5 amide bonds. The van der Waals surface area contributed by atoms with E-state index in [2.05, 4.69) is 41.4 Å². The zero-order valence-electron chi connectivity index (χ0n) is 32.7. The Balaban J connectivity index is 0.700. The van der Waals surface area contributed by atoms with E-state index in [1.807, 2.05) is 6.07 Å². The number of ether oxygens (including phenoxy) is 1. The summed E-state index contributed by atoms with van der Waals surface area (Å²) >= 11 is 6.15. The molecule has 0 radical (unpaired) electrons. The number of piperidine rings is 3. The van der Waals surface area contributed by atoms with Gasteiger partial charge >= 0.3 is 0 Å². The summed E-state index contributed by atoms with van der Waals surface area (Å²) in [6.45, 7) is 5.71. The molecule has 1 spiro atoms. The highest BCUT2D eigenvalue weighted by Gasteiger charge is 2.47. The molecule has 16 heteroatoms. The third-order valence-electron chi connectivity index (χ3n) is 13.3. The zero-order chi connectivity index (χ0) is 40.8. The molecule has 1 atom stereocenters. The maximum Gasteiger partial charge on any atom is 0.289 e. The highest BCUT2D eigenvalue weighted by atomic mass is 35.5. The number of hydrogen-bond acceptors (Lipinski definition) is 12. The van der Waals surface area contributed by atoms with Crippen LogP contribution >= 0.6 is 11.6 Å². The number of rotatable bonds is 8. The van der Waals surface area contributed by atoms with E-state index in [0.29, 0.717) is 33.5 Å². The van der Waals surface area contributed by atoms with Gasteiger partial charge in [-0.2, -0.15) is 5.26 Å². The first-order valence-electron chi connectivity index (χ1n) is 20.7. The predicted octanol–water partition coefficient (Wildman–Crippen LogP) is 4.09. The monoisotopic (exact) mass is 819 g/mol. The average Bonchev–Trinajstić information content (AvgIpc) is 3.48. The number of nitriles is 1. The van der Waals surface area contributed by atoms with Gasteiger partial charge in [-0.25, -0.2) is 9.97 Å². The van der Waals surface area contributed by atoms with Crippen LogP contribution in [0, 0.1) is 16.7 Å². The largest absolute Gasteiger partial charge is 0.490 e. The van der Waals surface area contributed by atoms with Crippen molar-refractivity contribution >= 4 is 52.5 Å². The molecule has 15 nitrogen and oxygen atoms in total. The maximum atomic E-state index is 13.4. The Morgan fingerprint density at radius 1 is 0.847 bits per heavy atom. The minimum absolute atomic E-state index is 0.0189. The van der Waals surface area contributed by atoms with Crippen LogP contribution in [0.25, 0.3) is 0 Å². The number of fused-ring (bicyclic) bond motifs is 1. The number of carbonyl (C=O) groups excluding carboxylic acids is 5. The summed E-state index contributed by atoms with van der Waals surface area (Å²) in [7, 11) is 0. The first kappa shape index (κ1) is 38.9. The van der Waals surface area contributed by atoms with Crippen LogP contribution in [0.4, 0.5) is 11.4 Å². The molecule has 5 aliphatic heterocycles. The minimum Gasteiger partial charge on any atom is -0.490 e. The van der Waals surface area contributed by atoms with Gasteiger partial charge in [-0.05, 0) is 101 Å². The van der Waals surface area contributed by atoms with E-state index in [1.54, 1.807) is 42.7 Å². The lowest BCUT2D eigenvalue weighted by atomic mass is 9.71. The van der Waals surface area contributed by atoms with Crippen LogP contribution in [-0.4, -0.2) is 113 Å². The van der Waals surface area contributed by atoms with Gasteiger partial charge in [0.05, 0.1) is 45.9 Å². The van der Waals surface area contributed by atoms with Crippen molar-refractivity contribution in [2.75, 3.05) is 49.1 Å². The molecule has 59 heavy (non-hydrogen) atoms. The van der Waals surface area contributed by atoms with Crippen LogP contribution in [0.3, 0.4) is 0 Å². The van der Waals surface area contributed by atoms with Crippen LogP contribution in [0.15, 0.2) is 48.8 Å². The van der Waals surface area contributed by atoms with Crippen LogP contribution < -0.4 is 25.2 Å². The Morgan fingerprint density at radius 3 is 2.24 bits per heavy atom. The Labute approximate surface area is 347 Å². The van der Waals surface area contributed by atoms with Crippen molar-refractivity contribution in [3.8, 4) is 11.8 Å². The van der Waals surface area contributed by atoms with Crippen molar-refractivity contribution in [2.45, 2.75) is 88.4 Å². The van der Waals surface area contributed by atoms with Crippen molar-refractivity contribution in [2.24, 2.45) is 5.41 Å². The third kappa shape index (κ3) is 7.71. The highest BCUT2D eigenvalue weighted by Crippen LogP contribution is 2.43. The molecule has 0 bridgehead atoms. The molecular weight excluding hydrogens is 774 g/mol. The van der Waals surface area contributed by atoms with Gasteiger partial charge in [-0.3, -0.25) is 34.2 Å². The smallest absolute Gasteiger partial charge is 0.289 e. The molecule has 6 aliphatic rings. The van der Waals surface area contributed by atoms with Crippen LogP contribution in [0.2, 0.25) is 5.02 Å². The fourth-order valence-electron chi connectivity index (χ4n) is 9.80. The molecule has 1 aromatic heterocycles. The summed E-state index contributed by atoms with van der Waals surface area (Å²) in [6, 6.07) is 12.0. The normalized spacial score (nSPS) is 24.7. The molecule has 2 N–H and O–H groups in total. The van der Waals surface area contributed by atoms with E-state index >= 15 is 0 Å². The van der Waals surface area contributed by atoms with E-state index in [-0.39, 0.29) is 42.1 Å². The summed E-state index contributed by atoms with van der Waals surface area (Å²) in [5, 5.41) is 14.8. The Morgan fingerprint density at radius 2 is 1.56 bits per heavy atom. The fourth-order valence-corrected chi connectivity index (χ4v) is 10.0. The molecule has 6 heterocycles. The molecule has 1 saturated carbocycles. The number of nitrogens with one attached hydrogen (secondary N) is 2. The minimum atomic E-state index is -0.971. The third-order valence-corrected chi connectivity index (χ3v) is 13.6. The summed E-state index contributed by atoms with van der Waals surface area (Å²) < 4.78 is 6.08. The molecule has 1 aliphatic carbocycles. The number of amides is 5. The van der Waals surface area contributed by atoms with Gasteiger partial charge in [0.15, 0.2) is 0 Å². The van der Waals surface area contributed by atoms with Gasteiger partial charge in [-0.15, -0.1) is 0 Å². The Hall–Kier alpha value is -5.59. The van der Waals surface area contributed by atoms with Gasteiger partial charge in [0.1, 0.15) is 17.9 Å². The van der Waals surface area contributed by atoms with Crippen molar-refractivity contribution in [3.05, 3.63) is 76.3 Å². The summed E-state index contributed by atoms with van der Waals surface area (Å²) in [5.74, 6) is -1.42. The number of imide groups is 2. The molecule has 4 saturated heterocycles. The SMILES string of the molecule is N#Cc1ccc(O[C@H]2CC[C@H](NC(=O)c3ncc(N4CC5(CCN(C6CCN(c7ccc8c(c7)C(=O)N(C7CCC(=O)NC7=O)C8=O)CC6)CC5)C4)cn3)CC2)cc1Cl. The molecule has 5 fully saturated rings. The summed E-state index contributed by atoms with van der Waals surface area (Å²) in [6.07, 6.45) is 11.2. The average molecular weight is 820 g/mol. The van der Waals surface area contributed by atoms with Gasteiger partial charge < -0.3 is 24.8 Å². The lowest BCUT2D eigenvalue weighted by Crippen LogP contribution is -2.61. The second-order valence-corrected chi connectivity index (χ2v) is 17.3. The maximum absolute atomic E-state index is 13.4. The van der Waals surface area contributed by atoms with Gasteiger partial charge in [0.2, 0.25) is 17.6 Å². The number of hydrogen-bond donors (Lipinski definition) is 2. The zero-order valence-corrected chi connectivity index (χ0v) is 33.5. The predicted molar refractivity (Wildman–Crippen MR) is 216 cm³/mol. The molecule has 306 valence electrons. The quantitative estimate of drug-likeness (QED) is 0.311. The van der Waals surface area contributed by atoms with Gasteiger partial charge in [0, 0.05) is 61.9 Å². The molecule has 2 aromatic carbocycles. The van der Waals surface area contributed by atoms with Crippen molar-refractivity contribution in [1.82, 2.24) is 30.4 Å². The topological polar surface area (TPSA) is 181 Å². The number of carbonyl (C=O) groups is 5. The number of aromatic nitrogens is 2. The second kappa shape index (κ2) is 15.9. The van der Waals surface area contributed by atoms with Gasteiger partial charge in [0.25, 0.3) is 17.7 Å². The van der Waals surface area contributed by atoms with Crippen molar-refractivity contribution < 1.29 is 28.7 Å². The fraction of sp³-hybridized carbons (Fsp3) is 0.488. The van der Waals surface area contributed by atoms with E-state index in [4.69, 9.17) is 21.6 Å². The van der Waals surface area contributed by atoms with Crippen molar-refractivity contribution in [3.63, 3.8) is 0 Å². The first-order valence-corrected chi connectivity index (χ1v) is 21.0. The van der Waals surface area contributed by atoms with E-state index < -0.39 is 29.7 Å². The van der Waals surface area contributed by atoms with Crippen LogP contribution in [0.1, 0.15) is 101 Å². The lowest BCUT2D eigenvalue weighted by molar-refractivity contribution is -0.136. The van der Waals surface area contributed by atoms with Crippen LogP contribution in [0.5, 0.6) is 5.75 Å².